The summed E-state index contributed by atoms with van der Waals surface area (Å²) < 4.78 is 0. The summed E-state index contributed by atoms with van der Waals surface area (Å²) in [5.74, 6) is -0.524. The molecule has 0 saturated heterocycles. The van der Waals surface area contributed by atoms with Crippen molar-refractivity contribution in [2.24, 2.45) is 56.7 Å². The third kappa shape index (κ3) is 3.42. The lowest BCUT2D eigenvalue weighted by atomic mass is 9.33. The molecular formula is C30H48O5. The molecule has 0 aromatic carbocycles. The molecule has 4 aliphatic carbocycles. The Hall–Kier alpha value is -1.36. The highest BCUT2D eigenvalue weighted by atomic mass is 16.4. The second-order valence-electron chi connectivity index (χ2n) is 14.5. The third-order valence-corrected chi connectivity index (χ3v) is 12.8. The van der Waals surface area contributed by atoms with Gasteiger partial charge in [-0.1, -0.05) is 39.8 Å². The van der Waals surface area contributed by atoms with Gasteiger partial charge in [0, 0.05) is 0 Å². The van der Waals surface area contributed by atoms with E-state index in [2.05, 4.69) is 41.2 Å². The van der Waals surface area contributed by atoms with Crippen molar-refractivity contribution in [3.05, 3.63) is 12.2 Å². The third-order valence-electron chi connectivity index (χ3n) is 12.8. The van der Waals surface area contributed by atoms with Crippen LogP contribution in [0.1, 0.15) is 99.8 Å². The molecule has 1 unspecified atom stereocenters. The van der Waals surface area contributed by atoms with Gasteiger partial charge < -0.3 is 15.3 Å². The van der Waals surface area contributed by atoms with Crippen molar-refractivity contribution in [2.75, 3.05) is 0 Å². The zero-order valence-corrected chi connectivity index (χ0v) is 23.0. The highest BCUT2D eigenvalue weighted by molar-refractivity contribution is 5.75. The molecule has 0 radical (unpaired) electrons. The van der Waals surface area contributed by atoms with Gasteiger partial charge in [0.15, 0.2) is 0 Å². The summed E-state index contributed by atoms with van der Waals surface area (Å²) in [5.41, 5.74) is -0.770. The summed E-state index contributed by atoms with van der Waals surface area (Å²) in [6, 6.07) is 0. The van der Waals surface area contributed by atoms with E-state index < -0.39 is 22.8 Å². The molecule has 0 bridgehead atoms. The lowest BCUT2D eigenvalue weighted by Crippen LogP contribution is -2.67. The molecule has 35 heavy (non-hydrogen) atoms. The van der Waals surface area contributed by atoms with E-state index in [-0.39, 0.29) is 40.6 Å². The van der Waals surface area contributed by atoms with Crippen molar-refractivity contribution in [1.29, 1.82) is 0 Å². The Bertz CT molecular complexity index is 924. The molecule has 5 nitrogen and oxygen atoms in total. The summed E-state index contributed by atoms with van der Waals surface area (Å²) in [4.78, 5) is 24.6. The van der Waals surface area contributed by atoms with E-state index in [1.165, 1.54) is 5.57 Å². The SMILES string of the molecule is C=C(C)[C@@H]1CC[C@@]2(C)[C@@H]1C1CC[C@@H]3[C@@](C)(CC(=O)O)[C@H](C(C)(C)C(=O)O)CC[C@@]3(C)[C@]1(C)C[C@@H]2O. The Labute approximate surface area is 211 Å². The maximum absolute atomic E-state index is 12.3. The summed E-state index contributed by atoms with van der Waals surface area (Å²) in [6.45, 7) is 19.1. The van der Waals surface area contributed by atoms with Crippen LogP contribution in [0.2, 0.25) is 0 Å². The molecular weight excluding hydrogens is 440 g/mol. The minimum Gasteiger partial charge on any atom is -0.481 e. The van der Waals surface area contributed by atoms with Crippen LogP contribution in [0, 0.1) is 56.7 Å². The number of aliphatic hydroxyl groups is 1. The number of carboxylic acids is 2. The quantitative estimate of drug-likeness (QED) is 0.389. The molecule has 5 heteroatoms. The van der Waals surface area contributed by atoms with Gasteiger partial charge in [-0.2, -0.15) is 0 Å². The fourth-order valence-electron chi connectivity index (χ4n) is 10.8. The Morgan fingerprint density at radius 1 is 0.971 bits per heavy atom. The second kappa shape index (κ2) is 8.07. The Morgan fingerprint density at radius 2 is 1.60 bits per heavy atom. The second-order valence-corrected chi connectivity index (χ2v) is 14.5. The number of carbonyl (C=O) groups is 2. The van der Waals surface area contributed by atoms with Gasteiger partial charge in [-0.25, -0.2) is 0 Å². The monoisotopic (exact) mass is 488 g/mol. The summed E-state index contributed by atoms with van der Waals surface area (Å²) in [5, 5.41) is 31.8. The van der Waals surface area contributed by atoms with Gasteiger partial charge in [0.25, 0.3) is 0 Å². The number of hydrogen-bond donors (Lipinski definition) is 3. The average Bonchev–Trinajstić information content (AvgIpc) is 3.07. The van der Waals surface area contributed by atoms with E-state index in [1.807, 2.05) is 0 Å². The number of hydrogen-bond acceptors (Lipinski definition) is 3. The van der Waals surface area contributed by atoms with Crippen LogP contribution in [0.4, 0.5) is 0 Å². The molecule has 4 rings (SSSR count). The standard InChI is InChI=1S/C30H48O5/c1-17(2)18-11-13-27(5)22(31)15-30(8)19(24(18)27)9-10-21-28(6,16-23(32)33)20(12-14-29(21,30)7)26(3,4)25(34)35/h18-22,24,31H,1,9-16H2,2-8H3,(H,32,33)(H,34,35)/t18-,19?,20-,21+,22-,24-,27+,28-,29+,30+/m0/s1. The average molecular weight is 489 g/mol. The van der Waals surface area contributed by atoms with Crippen molar-refractivity contribution in [3.8, 4) is 0 Å². The Morgan fingerprint density at radius 3 is 2.14 bits per heavy atom. The van der Waals surface area contributed by atoms with Crippen LogP contribution in [-0.2, 0) is 9.59 Å². The molecule has 4 aliphatic rings. The number of allylic oxidation sites excluding steroid dienone is 1. The molecule has 0 heterocycles. The van der Waals surface area contributed by atoms with Crippen molar-refractivity contribution >= 4 is 11.9 Å². The Kier molecular flexibility index (Phi) is 6.15. The van der Waals surface area contributed by atoms with Crippen molar-refractivity contribution in [1.82, 2.24) is 0 Å². The van der Waals surface area contributed by atoms with E-state index in [9.17, 15) is 24.9 Å². The molecule has 0 aliphatic heterocycles. The molecule has 4 fully saturated rings. The first kappa shape index (κ1) is 26.7. The van der Waals surface area contributed by atoms with Gasteiger partial charge >= 0.3 is 11.9 Å². The number of carboxylic acid groups (broad SMARTS) is 2. The molecule has 0 aromatic rings. The normalized spacial score (nSPS) is 49.5. The highest BCUT2D eigenvalue weighted by Gasteiger charge is 2.71. The van der Waals surface area contributed by atoms with Crippen molar-refractivity contribution < 1.29 is 24.9 Å². The van der Waals surface area contributed by atoms with Crippen molar-refractivity contribution in [2.45, 2.75) is 106 Å². The van der Waals surface area contributed by atoms with Gasteiger partial charge in [-0.05, 0) is 117 Å². The molecule has 0 spiro atoms. The highest BCUT2D eigenvalue weighted by Crippen LogP contribution is 2.76. The van der Waals surface area contributed by atoms with Gasteiger partial charge in [-0.15, -0.1) is 0 Å². The summed E-state index contributed by atoms with van der Waals surface area (Å²) >= 11 is 0. The van der Waals surface area contributed by atoms with Crippen LogP contribution in [0.15, 0.2) is 12.2 Å². The topological polar surface area (TPSA) is 94.8 Å². The number of rotatable bonds is 5. The van der Waals surface area contributed by atoms with Crippen LogP contribution in [0.3, 0.4) is 0 Å². The van der Waals surface area contributed by atoms with E-state index >= 15 is 0 Å². The minimum absolute atomic E-state index is 0.00648. The summed E-state index contributed by atoms with van der Waals surface area (Å²) in [6.07, 6.45) is 6.02. The van der Waals surface area contributed by atoms with E-state index in [1.54, 1.807) is 13.8 Å². The first-order chi connectivity index (χ1) is 16.0. The fourth-order valence-corrected chi connectivity index (χ4v) is 10.8. The molecule has 0 amide bonds. The maximum Gasteiger partial charge on any atom is 0.309 e. The van der Waals surface area contributed by atoms with Gasteiger partial charge in [0.2, 0.25) is 0 Å². The van der Waals surface area contributed by atoms with Gasteiger partial charge in [0.1, 0.15) is 0 Å². The van der Waals surface area contributed by atoms with Crippen LogP contribution in [-0.4, -0.2) is 33.4 Å². The first-order valence-electron chi connectivity index (χ1n) is 13.8. The molecule has 198 valence electrons. The molecule has 4 saturated carbocycles. The van der Waals surface area contributed by atoms with Crippen LogP contribution < -0.4 is 0 Å². The molecule has 0 aromatic heterocycles. The number of aliphatic hydroxyl groups excluding tert-OH is 1. The van der Waals surface area contributed by atoms with Gasteiger partial charge in [-0.3, -0.25) is 9.59 Å². The van der Waals surface area contributed by atoms with Crippen LogP contribution in [0.25, 0.3) is 0 Å². The predicted molar refractivity (Wildman–Crippen MR) is 137 cm³/mol. The lowest BCUT2D eigenvalue weighted by molar-refractivity contribution is -0.248. The molecule has 10 atom stereocenters. The minimum atomic E-state index is -0.996. The first-order valence-corrected chi connectivity index (χ1v) is 13.8. The smallest absolute Gasteiger partial charge is 0.309 e. The zero-order chi connectivity index (χ0) is 26.4. The zero-order valence-electron chi connectivity index (χ0n) is 23.0. The lowest BCUT2D eigenvalue weighted by Gasteiger charge is -2.71. The molecule has 3 N–H and O–H groups in total. The maximum atomic E-state index is 12.3. The van der Waals surface area contributed by atoms with Crippen LogP contribution in [0.5, 0.6) is 0 Å². The van der Waals surface area contributed by atoms with Gasteiger partial charge in [0.05, 0.1) is 17.9 Å². The summed E-state index contributed by atoms with van der Waals surface area (Å²) in [7, 11) is 0. The van der Waals surface area contributed by atoms with E-state index in [0.717, 1.165) is 38.5 Å². The number of aliphatic carboxylic acids is 2. The fraction of sp³-hybridized carbons (Fsp3) is 0.867. The Balaban J connectivity index is 1.82. The predicted octanol–water partition coefficient (Wildman–Crippen LogP) is 6.40. The van der Waals surface area contributed by atoms with E-state index in [0.29, 0.717) is 24.2 Å². The van der Waals surface area contributed by atoms with Crippen LogP contribution >= 0.6 is 0 Å². The van der Waals surface area contributed by atoms with E-state index in [4.69, 9.17) is 0 Å². The van der Waals surface area contributed by atoms with Crippen molar-refractivity contribution in [3.63, 3.8) is 0 Å². The number of fused-ring (bicyclic) bond motifs is 5. The largest absolute Gasteiger partial charge is 0.481 e.